The van der Waals surface area contributed by atoms with E-state index in [1.54, 1.807) is 36.4 Å². The molecule has 1 aliphatic rings. The van der Waals surface area contributed by atoms with Crippen molar-refractivity contribution in [2.45, 2.75) is 6.92 Å². The zero-order valence-corrected chi connectivity index (χ0v) is 13.6. The maximum atomic E-state index is 12.1. The normalized spacial score (nSPS) is 11.5. The van der Waals surface area contributed by atoms with Crippen molar-refractivity contribution in [2.75, 3.05) is 25.3 Å². The summed E-state index contributed by atoms with van der Waals surface area (Å²) in [5.74, 6) is 1.74. The highest BCUT2D eigenvalue weighted by molar-refractivity contribution is 5.92. The topological polar surface area (TPSA) is 89.8 Å². The summed E-state index contributed by atoms with van der Waals surface area (Å²) in [7, 11) is 0. The van der Waals surface area contributed by atoms with Crippen LogP contribution in [0.2, 0.25) is 0 Å². The Kier molecular flexibility index (Phi) is 4.90. The molecular formula is C18H16N2O5. The van der Waals surface area contributed by atoms with Crippen LogP contribution < -0.4 is 24.3 Å². The number of benzene rings is 2. The predicted octanol–water partition coefficient (Wildman–Crippen LogP) is 2.70. The first-order chi connectivity index (χ1) is 12.2. The van der Waals surface area contributed by atoms with Crippen LogP contribution in [0.15, 0.2) is 36.4 Å². The SMILES string of the molecule is CCOc1cc(C#N)ccc1OCC(=O)Nc1ccc2c(c1)OCO2. The number of fused-ring (bicyclic) bond motifs is 1. The van der Waals surface area contributed by atoms with Crippen molar-refractivity contribution < 1.29 is 23.7 Å². The van der Waals surface area contributed by atoms with Crippen LogP contribution in [-0.2, 0) is 4.79 Å². The van der Waals surface area contributed by atoms with Gasteiger partial charge in [0.2, 0.25) is 6.79 Å². The fourth-order valence-electron chi connectivity index (χ4n) is 2.28. The third-order valence-corrected chi connectivity index (χ3v) is 3.39. The largest absolute Gasteiger partial charge is 0.490 e. The standard InChI is InChI=1S/C18H16N2O5/c1-2-22-16-7-12(9-19)3-5-14(16)23-10-18(21)20-13-4-6-15-17(8-13)25-11-24-15/h3-8H,2,10-11H2,1H3,(H,20,21). The average molecular weight is 340 g/mol. The van der Waals surface area contributed by atoms with Crippen molar-refractivity contribution in [3.05, 3.63) is 42.0 Å². The lowest BCUT2D eigenvalue weighted by Gasteiger charge is -2.12. The van der Waals surface area contributed by atoms with E-state index >= 15 is 0 Å². The van der Waals surface area contributed by atoms with Crippen LogP contribution in [0.5, 0.6) is 23.0 Å². The van der Waals surface area contributed by atoms with Gasteiger partial charge in [0.1, 0.15) is 0 Å². The van der Waals surface area contributed by atoms with Gasteiger partial charge in [0.05, 0.1) is 18.2 Å². The summed E-state index contributed by atoms with van der Waals surface area (Å²) in [6, 6.07) is 12.0. The molecule has 0 bridgehead atoms. The minimum absolute atomic E-state index is 0.175. The molecule has 0 unspecified atom stereocenters. The first-order valence-electron chi connectivity index (χ1n) is 7.69. The summed E-state index contributed by atoms with van der Waals surface area (Å²) < 4.78 is 21.4. The Morgan fingerprint density at radius 1 is 1.16 bits per heavy atom. The second-order valence-electron chi connectivity index (χ2n) is 5.11. The number of amides is 1. The summed E-state index contributed by atoms with van der Waals surface area (Å²) in [6.07, 6.45) is 0. The zero-order chi connectivity index (χ0) is 17.6. The van der Waals surface area contributed by atoms with Gasteiger partial charge in [-0.05, 0) is 31.2 Å². The third kappa shape index (κ3) is 3.93. The average Bonchev–Trinajstić information content (AvgIpc) is 3.08. The highest BCUT2D eigenvalue weighted by Gasteiger charge is 2.15. The van der Waals surface area contributed by atoms with Crippen LogP contribution >= 0.6 is 0 Å². The Morgan fingerprint density at radius 2 is 2.00 bits per heavy atom. The summed E-state index contributed by atoms with van der Waals surface area (Å²) in [4.78, 5) is 12.1. The van der Waals surface area contributed by atoms with Crippen LogP contribution in [0.1, 0.15) is 12.5 Å². The summed E-state index contributed by atoms with van der Waals surface area (Å²) >= 11 is 0. The molecule has 0 aliphatic carbocycles. The second kappa shape index (κ2) is 7.45. The maximum Gasteiger partial charge on any atom is 0.262 e. The van der Waals surface area contributed by atoms with E-state index in [9.17, 15) is 4.79 Å². The van der Waals surface area contributed by atoms with E-state index in [2.05, 4.69) is 5.32 Å². The van der Waals surface area contributed by atoms with E-state index in [-0.39, 0.29) is 19.3 Å². The van der Waals surface area contributed by atoms with Crippen LogP contribution in [0.25, 0.3) is 0 Å². The van der Waals surface area contributed by atoms with Gasteiger partial charge in [-0.15, -0.1) is 0 Å². The number of anilines is 1. The third-order valence-electron chi connectivity index (χ3n) is 3.39. The summed E-state index contributed by atoms with van der Waals surface area (Å²) in [5.41, 5.74) is 1.04. The van der Waals surface area contributed by atoms with Crippen molar-refractivity contribution in [3.8, 4) is 29.1 Å². The molecule has 0 saturated carbocycles. The van der Waals surface area contributed by atoms with E-state index in [0.717, 1.165) is 0 Å². The molecule has 25 heavy (non-hydrogen) atoms. The Balaban J connectivity index is 1.61. The Labute approximate surface area is 144 Å². The molecular weight excluding hydrogens is 324 g/mol. The van der Waals surface area contributed by atoms with Gasteiger partial charge in [-0.1, -0.05) is 0 Å². The van der Waals surface area contributed by atoms with E-state index in [0.29, 0.717) is 40.9 Å². The van der Waals surface area contributed by atoms with Crippen LogP contribution in [0, 0.1) is 11.3 Å². The summed E-state index contributed by atoms with van der Waals surface area (Å²) in [5, 5.41) is 11.7. The molecule has 1 heterocycles. The van der Waals surface area contributed by atoms with Crippen LogP contribution in [-0.4, -0.2) is 25.9 Å². The lowest BCUT2D eigenvalue weighted by molar-refractivity contribution is -0.118. The minimum Gasteiger partial charge on any atom is -0.490 e. The quantitative estimate of drug-likeness (QED) is 0.869. The van der Waals surface area contributed by atoms with Crippen molar-refractivity contribution in [2.24, 2.45) is 0 Å². The van der Waals surface area contributed by atoms with Crippen molar-refractivity contribution >= 4 is 11.6 Å². The number of hydrogen-bond acceptors (Lipinski definition) is 6. The maximum absolute atomic E-state index is 12.1. The Morgan fingerprint density at radius 3 is 2.80 bits per heavy atom. The van der Waals surface area contributed by atoms with Crippen molar-refractivity contribution in [1.82, 2.24) is 0 Å². The first kappa shape index (κ1) is 16.5. The molecule has 1 amide bonds. The minimum atomic E-state index is -0.328. The summed E-state index contributed by atoms with van der Waals surface area (Å²) in [6.45, 7) is 2.24. The highest BCUT2D eigenvalue weighted by atomic mass is 16.7. The number of carbonyl (C=O) groups is 1. The molecule has 0 saturated heterocycles. The van der Waals surface area contributed by atoms with Crippen molar-refractivity contribution in [1.29, 1.82) is 5.26 Å². The molecule has 2 aromatic rings. The van der Waals surface area contributed by atoms with E-state index < -0.39 is 0 Å². The smallest absolute Gasteiger partial charge is 0.262 e. The fraction of sp³-hybridized carbons (Fsp3) is 0.222. The van der Waals surface area contributed by atoms with E-state index in [1.807, 2.05) is 13.0 Å². The number of carbonyl (C=O) groups excluding carboxylic acids is 1. The molecule has 0 aromatic heterocycles. The number of nitriles is 1. The van der Waals surface area contributed by atoms with E-state index in [4.69, 9.17) is 24.2 Å². The van der Waals surface area contributed by atoms with Gasteiger partial charge in [-0.25, -0.2) is 0 Å². The molecule has 128 valence electrons. The highest BCUT2D eigenvalue weighted by Crippen LogP contribution is 2.34. The number of hydrogen-bond donors (Lipinski definition) is 1. The molecule has 0 spiro atoms. The number of ether oxygens (including phenoxy) is 4. The van der Waals surface area contributed by atoms with Gasteiger partial charge < -0.3 is 24.3 Å². The second-order valence-corrected chi connectivity index (χ2v) is 5.11. The van der Waals surface area contributed by atoms with Gasteiger partial charge in [-0.3, -0.25) is 4.79 Å². The molecule has 1 aliphatic heterocycles. The molecule has 0 atom stereocenters. The number of nitrogens with one attached hydrogen (secondary N) is 1. The molecule has 0 fully saturated rings. The number of nitrogens with zero attached hydrogens (tertiary/aromatic N) is 1. The molecule has 2 aromatic carbocycles. The first-order valence-corrected chi connectivity index (χ1v) is 7.69. The lowest BCUT2D eigenvalue weighted by Crippen LogP contribution is -2.20. The van der Waals surface area contributed by atoms with E-state index in [1.165, 1.54) is 0 Å². The van der Waals surface area contributed by atoms with Gasteiger partial charge in [0.15, 0.2) is 29.6 Å². The molecule has 1 N–H and O–H groups in total. The molecule has 0 radical (unpaired) electrons. The Hall–Kier alpha value is -3.40. The van der Waals surface area contributed by atoms with Gasteiger partial charge >= 0.3 is 0 Å². The predicted molar refractivity (Wildman–Crippen MR) is 89.0 cm³/mol. The van der Waals surface area contributed by atoms with Gasteiger partial charge in [-0.2, -0.15) is 5.26 Å². The van der Waals surface area contributed by atoms with Gasteiger partial charge in [0, 0.05) is 17.8 Å². The monoisotopic (exact) mass is 340 g/mol. The zero-order valence-electron chi connectivity index (χ0n) is 13.6. The van der Waals surface area contributed by atoms with Crippen LogP contribution in [0.3, 0.4) is 0 Å². The fourth-order valence-corrected chi connectivity index (χ4v) is 2.28. The molecule has 7 nitrogen and oxygen atoms in total. The number of rotatable bonds is 6. The lowest BCUT2D eigenvalue weighted by atomic mass is 10.2. The van der Waals surface area contributed by atoms with Gasteiger partial charge in [0.25, 0.3) is 5.91 Å². The molecule has 3 rings (SSSR count). The van der Waals surface area contributed by atoms with Crippen molar-refractivity contribution in [3.63, 3.8) is 0 Å². The van der Waals surface area contributed by atoms with Crippen LogP contribution in [0.4, 0.5) is 5.69 Å². The molecule has 7 heteroatoms. The Bertz CT molecular complexity index is 829.